The van der Waals surface area contributed by atoms with Crippen LogP contribution in [0.25, 0.3) is 0 Å². The van der Waals surface area contributed by atoms with Gasteiger partial charge in [0.25, 0.3) is 0 Å². The molecule has 0 saturated carbocycles. The molecule has 4 rings (SSSR count). The number of phenols is 5. The molecule has 11 nitrogen and oxygen atoms in total. The summed E-state index contributed by atoms with van der Waals surface area (Å²) < 4.78 is 42.6. The third kappa shape index (κ3) is 3.66. The number of fused-ring (bicyclic) bond motifs is 1. The highest BCUT2D eigenvalue weighted by atomic mass is 19.2. The SMILES string of the molecule is CC(C)(Oc1cccc(C(=O)O)c1)C1(O)C(O)c2c(cc(O)c(F)c2O)OC1(F)c1cc(O)c(O)c(O)c1. The quantitative estimate of drug-likeness (QED) is 0.223. The van der Waals surface area contributed by atoms with Crippen LogP contribution >= 0.6 is 0 Å². The zero-order valence-corrected chi connectivity index (χ0v) is 19.7. The summed E-state index contributed by atoms with van der Waals surface area (Å²) in [6, 6.07) is 6.43. The van der Waals surface area contributed by atoms with Crippen LogP contribution in [0.15, 0.2) is 42.5 Å². The maximum absolute atomic E-state index is 17.2. The molecule has 3 aromatic rings. The smallest absolute Gasteiger partial charge is 0.335 e. The molecule has 1 aliphatic heterocycles. The Labute approximate surface area is 212 Å². The fraction of sp³-hybridized carbons (Fsp3) is 0.240. The Morgan fingerprint density at radius 3 is 2.18 bits per heavy atom. The highest BCUT2D eigenvalue weighted by molar-refractivity contribution is 5.88. The van der Waals surface area contributed by atoms with Crippen molar-refractivity contribution in [2.24, 2.45) is 0 Å². The number of alkyl halides is 1. The molecular weight excluding hydrogens is 514 g/mol. The van der Waals surface area contributed by atoms with E-state index in [1.807, 2.05) is 0 Å². The van der Waals surface area contributed by atoms with E-state index in [9.17, 15) is 50.0 Å². The average Bonchev–Trinajstić information content (AvgIpc) is 2.83. The fourth-order valence-electron chi connectivity index (χ4n) is 4.43. The average molecular weight is 536 g/mol. The molecular formula is C25H22F2O11. The predicted octanol–water partition coefficient (Wildman–Crippen LogP) is 2.89. The Hall–Kier alpha value is -4.49. The Balaban J connectivity index is 2.00. The number of benzene rings is 3. The largest absolute Gasteiger partial charge is 0.505 e. The lowest BCUT2D eigenvalue weighted by Gasteiger charge is -2.54. The number of aliphatic hydroxyl groups is 2. The summed E-state index contributed by atoms with van der Waals surface area (Å²) in [5.74, 6) is -13.4. The van der Waals surface area contributed by atoms with Crippen LogP contribution < -0.4 is 9.47 Å². The third-order valence-corrected chi connectivity index (χ3v) is 6.44. The summed E-state index contributed by atoms with van der Waals surface area (Å²) >= 11 is 0. The topological polar surface area (TPSA) is 197 Å². The molecule has 1 heterocycles. The van der Waals surface area contributed by atoms with Gasteiger partial charge in [-0.15, -0.1) is 0 Å². The normalized spacial score (nSPS) is 22.8. The van der Waals surface area contributed by atoms with Gasteiger partial charge in [-0.3, -0.25) is 0 Å². The van der Waals surface area contributed by atoms with Crippen LogP contribution in [-0.4, -0.2) is 58.0 Å². The number of rotatable bonds is 5. The second-order valence-corrected chi connectivity index (χ2v) is 9.14. The summed E-state index contributed by atoms with van der Waals surface area (Å²) in [5, 5.41) is 82.4. The molecule has 0 aromatic heterocycles. The van der Waals surface area contributed by atoms with Crippen molar-refractivity contribution in [3.63, 3.8) is 0 Å². The predicted molar refractivity (Wildman–Crippen MR) is 123 cm³/mol. The number of carboxylic acid groups (broad SMARTS) is 1. The van der Waals surface area contributed by atoms with Gasteiger partial charge in [-0.2, -0.15) is 8.78 Å². The number of ether oxygens (including phenoxy) is 2. The molecule has 0 radical (unpaired) electrons. The van der Waals surface area contributed by atoms with Gasteiger partial charge in [0.05, 0.1) is 11.1 Å². The molecule has 0 spiro atoms. The summed E-state index contributed by atoms with van der Waals surface area (Å²) in [5.41, 5.74) is -7.73. The van der Waals surface area contributed by atoms with Crippen molar-refractivity contribution >= 4 is 5.97 Å². The lowest BCUT2D eigenvalue weighted by molar-refractivity contribution is -0.321. The number of aromatic hydroxyl groups is 5. The van der Waals surface area contributed by atoms with E-state index >= 15 is 4.39 Å². The van der Waals surface area contributed by atoms with Crippen LogP contribution in [-0.2, 0) is 5.85 Å². The summed E-state index contributed by atoms with van der Waals surface area (Å²) in [7, 11) is 0. The first-order chi connectivity index (χ1) is 17.5. The lowest BCUT2D eigenvalue weighted by atomic mass is 9.69. The Bertz CT molecular complexity index is 1430. The van der Waals surface area contributed by atoms with Crippen molar-refractivity contribution in [3.8, 4) is 40.2 Å². The van der Waals surface area contributed by atoms with Gasteiger partial charge in [-0.05, 0) is 44.2 Å². The molecule has 3 unspecified atom stereocenters. The van der Waals surface area contributed by atoms with Gasteiger partial charge in [-0.1, -0.05) is 6.07 Å². The van der Waals surface area contributed by atoms with Crippen molar-refractivity contribution in [2.75, 3.05) is 0 Å². The number of aliphatic hydroxyl groups excluding tert-OH is 1. The number of aromatic carboxylic acids is 1. The summed E-state index contributed by atoms with van der Waals surface area (Å²) in [6.07, 6.45) is -2.58. The van der Waals surface area contributed by atoms with E-state index in [1.165, 1.54) is 18.2 Å². The number of carboxylic acids is 1. The zero-order chi connectivity index (χ0) is 28.4. The van der Waals surface area contributed by atoms with Crippen LogP contribution in [0.3, 0.4) is 0 Å². The first-order valence-electron chi connectivity index (χ1n) is 10.9. The van der Waals surface area contributed by atoms with Gasteiger partial charge in [0, 0.05) is 11.6 Å². The lowest BCUT2D eigenvalue weighted by Crippen LogP contribution is -2.70. The Kier molecular flexibility index (Phi) is 5.97. The highest BCUT2D eigenvalue weighted by Crippen LogP contribution is 2.60. The minimum atomic E-state index is -3.72. The minimum Gasteiger partial charge on any atom is -0.505 e. The molecule has 3 atom stereocenters. The first-order valence-corrected chi connectivity index (χ1v) is 10.9. The van der Waals surface area contributed by atoms with Crippen molar-refractivity contribution in [3.05, 3.63) is 65.0 Å². The second-order valence-electron chi connectivity index (χ2n) is 9.14. The van der Waals surface area contributed by atoms with Crippen molar-refractivity contribution in [1.82, 2.24) is 0 Å². The molecule has 0 fully saturated rings. The van der Waals surface area contributed by atoms with E-state index in [1.54, 1.807) is 0 Å². The van der Waals surface area contributed by atoms with Crippen LogP contribution in [0.2, 0.25) is 0 Å². The van der Waals surface area contributed by atoms with E-state index in [-0.39, 0.29) is 11.3 Å². The zero-order valence-electron chi connectivity index (χ0n) is 19.7. The maximum Gasteiger partial charge on any atom is 0.335 e. The van der Waals surface area contributed by atoms with Gasteiger partial charge >= 0.3 is 11.8 Å². The highest BCUT2D eigenvalue weighted by Gasteiger charge is 2.72. The molecule has 8 N–H and O–H groups in total. The number of hydrogen-bond acceptors (Lipinski definition) is 10. The van der Waals surface area contributed by atoms with Crippen molar-refractivity contribution < 1.29 is 63.9 Å². The number of halogens is 2. The maximum atomic E-state index is 17.2. The minimum absolute atomic E-state index is 0.221. The van der Waals surface area contributed by atoms with Crippen LogP contribution in [0, 0.1) is 5.82 Å². The molecule has 0 bridgehead atoms. The Morgan fingerprint density at radius 2 is 1.61 bits per heavy atom. The fourth-order valence-corrected chi connectivity index (χ4v) is 4.43. The molecule has 13 heteroatoms. The molecule has 0 aliphatic carbocycles. The van der Waals surface area contributed by atoms with E-state index in [0.29, 0.717) is 18.2 Å². The molecule has 202 valence electrons. The van der Waals surface area contributed by atoms with Gasteiger partial charge in [0.2, 0.25) is 11.4 Å². The van der Waals surface area contributed by atoms with Crippen molar-refractivity contribution in [1.29, 1.82) is 0 Å². The van der Waals surface area contributed by atoms with Gasteiger partial charge < -0.3 is 50.3 Å². The molecule has 0 amide bonds. The monoisotopic (exact) mass is 536 g/mol. The van der Waals surface area contributed by atoms with E-state index in [4.69, 9.17) is 9.47 Å². The molecule has 3 aromatic carbocycles. The standard InChI is InChI=1S/C25H22F2O11/c1-23(2,37-12-5-3-4-10(6-12)22(34)35)24(36)21(33)17-16(9-13(28)18(26)20(17)32)38-25(24,27)11-7-14(29)19(31)15(30)8-11/h3-9,21,28-33,36H,1-2H3,(H,34,35). The summed E-state index contributed by atoms with van der Waals surface area (Å²) in [4.78, 5) is 11.4. The number of phenolic OH excluding ortho intramolecular Hbond substituents is 5. The van der Waals surface area contributed by atoms with E-state index < -0.39 is 80.6 Å². The van der Waals surface area contributed by atoms with E-state index in [2.05, 4.69) is 0 Å². The first kappa shape index (κ1) is 26.6. The van der Waals surface area contributed by atoms with Gasteiger partial charge in [0.15, 0.2) is 28.7 Å². The number of carbonyl (C=O) groups is 1. The third-order valence-electron chi connectivity index (χ3n) is 6.44. The number of hydrogen-bond donors (Lipinski definition) is 8. The van der Waals surface area contributed by atoms with E-state index in [0.717, 1.165) is 19.9 Å². The van der Waals surface area contributed by atoms with Crippen LogP contribution in [0.1, 0.15) is 41.4 Å². The van der Waals surface area contributed by atoms with Gasteiger partial charge in [-0.25, -0.2) is 4.79 Å². The molecule has 38 heavy (non-hydrogen) atoms. The van der Waals surface area contributed by atoms with Crippen LogP contribution in [0.4, 0.5) is 8.78 Å². The summed E-state index contributed by atoms with van der Waals surface area (Å²) in [6.45, 7) is 2.11. The molecule has 1 aliphatic rings. The molecule has 0 saturated heterocycles. The van der Waals surface area contributed by atoms with Crippen molar-refractivity contribution in [2.45, 2.75) is 37.0 Å². The van der Waals surface area contributed by atoms with Crippen LogP contribution in [0.5, 0.6) is 40.2 Å². The second kappa shape index (κ2) is 8.53. The Morgan fingerprint density at radius 1 is 1.00 bits per heavy atom. The van der Waals surface area contributed by atoms with Gasteiger partial charge in [0.1, 0.15) is 23.2 Å².